The fraction of sp³-hybridized carbons (Fsp3) is 0.476. The number of carbonyl (C=O) groups excluding carboxylic acids is 1. The summed E-state index contributed by atoms with van der Waals surface area (Å²) in [6, 6.07) is 9.10. The zero-order valence-electron chi connectivity index (χ0n) is 17.0. The van der Waals surface area contributed by atoms with Crippen LogP contribution in [-0.2, 0) is 0 Å². The number of nitrogens with zero attached hydrogens (tertiary/aromatic N) is 5. The second-order valence-corrected chi connectivity index (χ2v) is 7.65. The van der Waals surface area contributed by atoms with Crippen molar-refractivity contribution in [3.8, 4) is 5.75 Å². The number of hydrogen-bond donors (Lipinski definition) is 0. The van der Waals surface area contributed by atoms with Gasteiger partial charge in [0.2, 0.25) is 0 Å². The molecule has 1 amide bonds. The van der Waals surface area contributed by atoms with Crippen LogP contribution in [0.3, 0.4) is 0 Å². The number of piperidine rings is 1. The molecule has 10 heteroatoms. The van der Waals surface area contributed by atoms with Crippen LogP contribution in [0, 0.1) is 0 Å². The van der Waals surface area contributed by atoms with E-state index in [9.17, 15) is 18.0 Å². The number of alkyl halides is 3. The first-order valence-electron chi connectivity index (χ1n) is 10.4. The Morgan fingerprint density at radius 1 is 0.839 bits per heavy atom. The molecular formula is C21H24F3N5O2. The second-order valence-electron chi connectivity index (χ2n) is 7.65. The Morgan fingerprint density at radius 3 is 2.03 bits per heavy atom. The maximum Gasteiger partial charge on any atom is 0.573 e. The fourth-order valence-corrected chi connectivity index (χ4v) is 3.93. The molecule has 1 aromatic heterocycles. The highest BCUT2D eigenvalue weighted by Crippen LogP contribution is 2.24. The van der Waals surface area contributed by atoms with Gasteiger partial charge < -0.3 is 19.4 Å². The van der Waals surface area contributed by atoms with Gasteiger partial charge in [-0.25, -0.2) is 0 Å². The van der Waals surface area contributed by atoms with Crippen LogP contribution in [0.2, 0.25) is 0 Å². The molecule has 0 bridgehead atoms. The average Bonchev–Trinajstić information content (AvgIpc) is 2.78. The van der Waals surface area contributed by atoms with E-state index in [-0.39, 0.29) is 11.5 Å². The largest absolute Gasteiger partial charge is 0.573 e. The molecule has 31 heavy (non-hydrogen) atoms. The van der Waals surface area contributed by atoms with E-state index in [0.29, 0.717) is 26.2 Å². The van der Waals surface area contributed by atoms with E-state index in [4.69, 9.17) is 0 Å². The molecule has 0 aliphatic carbocycles. The van der Waals surface area contributed by atoms with Gasteiger partial charge in [0, 0.05) is 44.8 Å². The van der Waals surface area contributed by atoms with Gasteiger partial charge in [0.05, 0.1) is 0 Å². The molecule has 0 saturated carbocycles. The number of carbonyl (C=O) groups is 1. The van der Waals surface area contributed by atoms with Crippen molar-refractivity contribution < 1.29 is 22.7 Å². The van der Waals surface area contributed by atoms with Crippen molar-refractivity contribution in [2.75, 3.05) is 49.1 Å². The van der Waals surface area contributed by atoms with E-state index in [1.165, 1.54) is 37.5 Å². The highest BCUT2D eigenvalue weighted by atomic mass is 19.4. The number of benzene rings is 1. The third-order valence-corrected chi connectivity index (χ3v) is 5.52. The van der Waals surface area contributed by atoms with Crippen LogP contribution in [0.4, 0.5) is 24.8 Å². The van der Waals surface area contributed by atoms with Crippen LogP contribution in [0.25, 0.3) is 0 Å². The van der Waals surface area contributed by atoms with Crippen molar-refractivity contribution in [1.29, 1.82) is 0 Å². The molecule has 2 fully saturated rings. The molecule has 0 spiro atoms. The molecule has 0 radical (unpaired) electrons. The molecule has 2 saturated heterocycles. The summed E-state index contributed by atoms with van der Waals surface area (Å²) < 4.78 is 41.2. The summed E-state index contributed by atoms with van der Waals surface area (Å²) in [5.74, 6) is 0.923. The highest BCUT2D eigenvalue weighted by Gasteiger charge is 2.31. The number of ether oxygens (including phenoxy) is 1. The second kappa shape index (κ2) is 8.99. The van der Waals surface area contributed by atoms with E-state index in [0.717, 1.165) is 30.8 Å². The molecule has 166 valence electrons. The van der Waals surface area contributed by atoms with E-state index in [2.05, 4.69) is 24.7 Å². The topological polar surface area (TPSA) is 61.8 Å². The van der Waals surface area contributed by atoms with Crippen LogP contribution in [0.5, 0.6) is 5.75 Å². The lowest BCUT2D eigenvalue weighted by atomic mass is 10.1. The molecular weight excluding hydrogens is 411 g/mol. The minimum absolute atomic E-state index is 0.167. The van der Waals surface area contributed by atoms with Gasteiger partial charge in [-0.3, -0.25) is 4.79 Å². The summed E-state index contributed by atoms with van der Waals surface area (Å²) in [7, 11) is 0. The van der Waals surface area contributed by atoms with Gasteiger partial charge in [-0.05, 0) is 49.6 Å². The summed E-state index contributed by atoms with van der Waals surface area (Å²) in [5.41, 5.74) is 0.167. The molecule has 7 nitrogen and oxygen atoms in total. The van der Waals surface area contributed by atoms with Crippen LogP contribution in [0.15, 0.2) is 36.4 Å². The molecule has 2 aliphatic heterocycles. The molecule has 2 aliphatic rings. The number of rotatable bonds is 4. The van der Waals surface area contributed by atoms with Crippen LogP contribution >= 0.6 is 0 Å². The number of halogens is 3. The zero-order valence-corrected chi connectivity index (χ0v) is 17.0. The van der Waals surface area contributed by atoms with Crippen molar-refractivity contribution in [2.24, 2.45) is 0 Å². The highest BCUT2D eigenvalue weighted by molar-refractivity contribution is 5.94. The normalized spacial score (nSPS) is 17.6. The Labute approximate surface area is 178 Å². The van der Waals surface area contributed by atoms with Crippen molar-refractivity contribution in [1.82, 2.24) is 15.1 Å². The third-order valence-electron chi connectivity index (χ3n) is 5.52. The maximum atomic E-state index is 12.7. The van der Waals surface area contributed by atoms with Gasteiger partial charge in [-0.15, -0.1) is 23.4 Å². The van der Waals surface area contributed by atoms with Gasteiger partial charge >= 0.3 is 6.36 Å². The third kappa shape index (κ3) is 5.36. The SMILES string of the molecule is O=C(c1cccc(OC(F)(F)F)c1)N1CCN(c2ccc(N3CCCCC3)nn2)CC1. The number of piperazine rings is 1. The van der Waals surface area contributed by atoms with Crippen molar-refractivity contribution in [2.45, 2.75) is 25.6 Å². The Balaban J connectivity index is 1.34. The molecule has 2 aromatic rings. The Morgan fingerprint density at radius 2 is 1.45 bits per heavy atom. The Kier molecular flexibility index (Phi) is 6.15. The van der Waals surface area contributed by atoms with Gasteiger partial charge in [0.1, 0.15) is 5.75 Å². The fourth-order valence-electron chi connectivity index (χ4n) is 3.93. The first-order valence-corrected chi connectivity index (χ1v) is 10.4. The van der Waals surface area contributed by atoms with E-state index in [1.807, 2.05) is 12.1 Å². The number of amides is 1. The first-order chi connectivity index (χ1) is 14.9. The lowest BCUT2D eigenvalue weighted by molar-refractivity contribution is -0.274. The molecule has 0 atom stereocenters. The van der Waals surface area contributed by atoms with E-state index >= 15 is 0 Å². The summed E-state index contributed by atoms with van der Waals surface area (Å²) in [6.07, 6.45) is -1.20. The summed E-state index contributed by atoms with van der Waals surface area (Å²) in [4.78, 5) is 18.6. The van der Waals surface area contributed by atoms with E-state index in [1.54, 1.807) is 4.90 Å². The summed E-state index contributed by atoms with van der Waals surface area (Å²) in [5, 5.41) is 8.73. The van der Waals surface area contributed by atoms with Crippen molar-refractivity contribution >= 4 is 17.5 Å². The van der Waals surface area contributed by atoms with Crippen LogP contribution < -0.4 is 14.5 Å². The van der Waals surface area contributed by atoms with Crippen LogP contribution in [-0.4, -0.2) is 66.6 Å². The predicted molar refractivity (Wildman–Crippen MR) is 109 cm³/mol. The van der Waals surface area contributed by atoms with Gasteiger partial charge in [-0.2, -0.15) is 0 Å². The lowest BCUT2D eigenvalue weighted by Gasteiger charge is -2.35. The first kappa shape index (κ1) is 21.2. The van der Waals surface area contributed by atoms with Crippen molar-refractivity contribution in [3.63, 3.8) is 0 Å². The summed E-state index contributed by atoms with van der Waals surface area (Å²) in [6.45, 7) is 4.04. The standard InChI is InChI=1S/C21H24F3N5O2/c22-21(23,24)31-17-6-4-5-16(15-17)20(30)29-13-11-28(12-14-29)19-8-7-18(25-26-19)27-9-2-1-3-10-27/h4-8,15H,1-3,9-14H2. The van der Waals surface area contributed by atoms with Crippen LogP contribution in [0.1, 0.15) is 29.6 Å². The van der Waals surface area contributed by atoms with Gasteiger partial charge in [0.25, 0.3) is 5.91 Å². The molecule has 1 aromatic carbocycles. The molecule has 0 unspecified atom stereocenters. The molecule has 0 N–H and O–H groups in total. The monoisotopic (exact) mass is 435 g/mol. The van der Waals surface area contributed by atoms with Crippen molar-refractivity contribution in [3.05, 3.63) is 42.0 Å². The lowest BCUT2D eigenvalue weighted by Crippen LogP contribution is -2.49. The van der Waals surface area contributed by atoms with Gasteiger partial charge in [-0.1, -0.05) is 6.07 Å². The van der Waals surface area contributed by atoms with E-state index < -0.39 is 12.1 Å². The smallest absolute Gasteiger partial charge is 0.406 e. The maximum absolute atomic E-state index is 12.7. The quantitative estimate of drug-likeness (QED) is 0.734. The summed E-state index contributed by atoms with van der Waals surface area (Å²) >= 11 is 0. The zero-order chi connectivity index (χ0) is 21.8. The number of hydrogen-bond acceptors (Lipinski definition) is 6. The average molecular weight is 435 g/mol. The number of anilines is 2. The minimum Gasteiger partial charge on any atom is -0.406 e. The molecule has 4 rings (SSSR count). The predicted octanol–water partition coefficient (Wildman–Crippen LogP) is 3.33. The molecule has 3 heterocycles. The minimum atomic E-state index is -4.79. The number of aromatic nitrogens is 2. The van der Waals surface area contributed by atoms with Gasteiger partial charge in [0.15, 0.2) is 11.6 Å². The Bertz CT molecular complexity index is 893. The Hall–Kier alpha value is -3.04.